The van der Waals surface area contributed by atoms with Gasteiger partial charge in [0.1, 0.15) is 11.4 Å². The topological polar surface area (TPSA) is 101 Å². The lowest BCUT2D eigenvalue weighted by molar-refractivity contribution is -0.383. The Hall–Kier alpha value is -1.82. The van der Waals surface area contributed by atoms with Crippen molar-refractivity contribution in [2.45, 2.75) is 19.4 Å². The molecule has 16 heavy (non-hydrogen) atoms. The number of nitrogen functional groups attached to an aromatic ring is 1. The number of para-hydroxylation sites is 1. The van der Waals surface area contributed by atoms with Crippen LogP contribution in [-0.4, -0.2) is 22.7 Å². The molecule has 0 amide bonds. The number of anilines is 2. The first-order valence-corrected chi connectivity index (χ1v) is 5.01. The molecule has 0 aromatic heterocycles. The number of nitrogens with two attached hydrogens (primary N) is 1. The molecule has 6 nitrogen and oxygen atoms in total. The molecular formula is C10H15N3O3. The first kappa shape index (κ1) is 12.3. The maximum Gasteiger partial charge on any atom is 0.314 e. The van der Waals surface area contributed by atoms with Gasteiger partial charge in [-0.1, -0.05) is 13.0 Å². The van der Waals surface area contributed by atoms with Crippen LogP contribution in [0, 0.1) is 10.1 Å². The molecule has 1 unspecified atom stereocenters. The Labute approximate surface area is 93.2 Å². The van der Waals surface area contributed by atoms with Gasteiger partial charge in [-0.05, 0) is 18.6 Å². The number of rotatable bonds is 5. The van der Waals surface area contributed by atoms with Crippen molar-refractivity contribution in [3.8, 4) is 0 Å². The fourth-order valence-electron chi connectivity index (χ4n) is 1.28. The van der Waals surface area contributed by atoms with E-state index in [0.29, 0.717) is 12.1 Å². The van der Waals surface area contributed by atoms with Crippen LogP contribution in [0.2, 0.25) is 0 Å². The van der Waals surface area contributed by atoms with Crippen molar-refractivity contribution < 1.29 is 10.0 Å². The van der Waals surface area contributed by atoms with Gasteiger partial charge in [-0.2, -0.15) is 0 Å². The van der Waals surface area contributed by atoms with Crippen LogP contribution in [0.5, 0.6) is 0 Å². The molecule has 4 N–H and O–H groups in total. The molecule has 0 spiro atoms. The minimum Gasteiger partial charge on any atom is -0.393 e. The highest BCUT2D eigenvalue weighted by molar-refractivity contribution is 5.74. The normalized spacial score (nSPS) is 12.1. The molecule has 0 saturated heterocycles. The van der Waals surface area contributed by atoms with Gasteiger partial charge in [-0.3, -0.25) is 10.1 Å². The van der Waals surface area contributed by atoms with E-state index >= 15 is 0 Å². The van der Waals surface area contributed by atoms with E-state index in [2.05, 4.69) is 5.32 Å². The van der Waals surface area contributed by atoms with Crippen LogP contribution in [-0.2, 0) is 0 Å². The molecule has 1 aromatic carbocycles. The average Bonchev–Trinajstić information content (AvgIpc) is 2.25. The van der Waals surface area contributed by atoms with Gasteiger partial charge < -0.3 is 16.2 Å². The number of nitro groups is 1. The Kier molecular flexibility index (Phi) is 4.07. The molecule has 0 aliphatic carbocycles. The number of aliphatic hydroxyl groups is 1. The molecule has 0 bridgehead atoms. The van der Waals surface area contributed by atoms with Crippen LogP contribution in [0.1, 0.15) is 13.3 Å². The Morgan fingerprint density at radius 3 is 2.88 bits per heavy atom. The van der Waals surface area contributed by atoms with Gasteiger partial charge in [-0.25, -0.2) is 0 Å². The minimum absolute atomic E-state index is 0.112. The van der Waals surface area contributed by atoms with Crippen LogP contribution < -0.4 is 11.1 Å². The summed E-state index contributed by atoms with van der Waals surface area (Å²) in [5.41, 5.74) is 5.81. The van der Waals surface area contributed by atoms with Crippen molar-refractivity contribution in [2.24, 2.45) is 0 Å². The molecule has 1 rings (SSSR count). The first-order valence-electron chi connectivity index (χ1n) is 5.01. The number of nitrogens with zero attached hydrogens (tertiary/aromatic N) is 1. The Balaban J connectivity index is 2.87. The molecule has 0 heterocycles. The Morgan fingerprint density at radius 1 is 1.62 bits per heavy atom. The minimum atomic E-state index is -0.532. The van der Waals surface area contributed by atoms with Crippen molar-refractivity contribution in [1.29, 1.82) is 0 Å². The summed E-state index contributed by atoms with van der Waals surface area (Å²) in [5, 5.41) is 22.9. The molecule has 0 saturated carbocycles. The molecule has 0 fully saturated rings. The van der Waals surface area contributed by atoms with Gasteiger partial charge in [0.2, 0.25) is 0 Å². The highest BCUT2D eigenvalue weighted by Gasteiger charge is 2.17. The highest BCUT2D eigenvalue weighted by atomic mass is 16.6. The zero-order valence-electron chi connectivity index (χ0n) is 9.01. The van der Waals surface area contributed by atoms with E-state index in [1.54, 1.807) is 12.1 Å². The summed E-state index contributed by atoms with van der Waals surface area (Å²) in [5.74, 6) is 0. The second-order valence-corrected chi connectivity index (χ2v) is 3.44. The van der Waals surface area contributed by atoms with Gasteiger partial charge in [0.05, 0.1) is 11.0 Å². The van der Waals surface area contributed by atoms with Crippen molar-refractivity contribution in [2.75, 3.05) is 17.6 Å². The first-order chi connectivity index (χ1) is 7.56. The molecule has 0 radical (unpaired) electrons. The SMILES string of the molecule is CCC(O)CNc1cccc(N)c1[N+](=O)[O-]. The summed E-state index contributed by atoms with van der Waals surface area (Å²) >= 11 is 0. The number of hydrogen-bond acceptors (Lipinski definition) is 5. The maximum absolute atomic E-state index is 10.8. The molecule has 88 valence electrons. The van der Waals surface area contributed by atoms with Crippen molar-refractivity contribution >= 4 is 17.1 Å². The third-order valence-electron chi connectivity index (χ3n) is 2.25. The smallest absolute Gasteiger partial charge is 0.314 e. The van der Waals surface area contributed by atoms with E-state index in [-0.39, 0.29) is 17.9 Å². The molecule has 0 aliphatic rings. The Bertz CT molecular complexity index is 382. The van der Waals surface area contributed by atoms with Gasteiger partial charge in [0, 0.05) is 6.54 Å². The average molecular weight is 225 g/mol. The number of aliphatic hydroxyl groups excluding tert-OH is 1. The van der Waals surface area contributed by atoms with Crippen LogP contribution in [0.4, 0.5) is 17.1 Å². The van der Waals surface area contributed by atoms with Gasteiger partial charge in [0.25, 0.3) is 0 Å². The van der Waals surface area contributed by atoms with E-state index < -0.39 is 11.0 Å². The largest absolute Gasteiger partial charge is 0.393 e. The fraction of sp³-hybridized carbons (Fsp3) is 0.400. The summed E-state index contributed by atoms with van der Waals surface area (Å²) in [7, 11) is 0. The molecule has 1 atom stereocenters. The number of nitro benzene ring substituents is 1. The second-order valence-electron chi connectivity index (χ2n) is 3.44. The standard InChI is InChI=1S/C10H15N3O3/c1-2-7(14)6-12-9-5-3-4-8(11)10(9)13(15)16/h3-5,7,12,14H,2,6,11H2,1H3. The van der Waals surface area contributed by atoms with E-state index in [0.717, 1.165) is 0 Å². The van der Waals surface area contributed by atoms with Crippen LogP contribution in [0.3, 0.4) is 0 Å². The maximum atomic E-state index is 10.8. The summed E-state index contributed by atoms with van der Waals surface area (Å²) in [6, 6.07) is 4.67. The molecule has 0 aliphatic heterocycles. The fourth-order valence-corrected chi connectivity index (χ4v) is 1.28. The number of hydrogen-bond donors (Lipinski definition) is 3. The zero-order valence-corrected chi connectivity index (χ0v) is 9.01. The van der Waals surface area contributed by atoms with E-state index in [9.17, 15) is 15.2 Å². The third kappa shape index (κ3) is 2.83. The Morgan fingerprint density at radius 2 is 2.31 bits per heavy atom. The van der Waals surface area contributed by atoms with Gasteiger partial charge in [-0.15, -0.1) is 0 Å². The third-order valence-corrected chi connectivity index (χ3v) is 2.25. The lowest BCUT2D eigenvalue weighted by Gasteiger charge is -2.11. The summed E-state index contributed by atoms with van der Waals surface area (Å²) in [6.45, 7) is 2.10. The predicted octanol–water partition coefficient (Wildman–Crippen LogP) is 1.36. The summed E-state index contributed by atoms with van der Waals surface area (Å²) in [6.07, 6.45) is 0.0596. The van der Waals surface area contributed by atoms with Crippen LogP contribution >= 0.6 is 0 Å². The number of benzene rings is 1. The summed E-state index contributed by atoms with van der Waals surface area (Å²) in [4.78, 5) is 10.2. The highest BCUT2D eigenvalue weighted by Crippen LogP contribution is 2.30. The van der Waals surface area contributed by atoms with E-state index in [1.165, 1.54) is 6.07 Å². The van der Waals surface area contributed by atoms with Crippen LogP contribution in [0.25, 0.3) is 0 Å². The second kappa shape index (κ2) is 5.32. The zero-order chi connectivity index (χ0) is 12.1. The quantitative estimate of drug-likeness (QED) is 0.399. The van der Waals surface area contributed by atoms with Crippen molar-refractivity contribution in [3.63, 3.8) is 0 Å². The lowest BCUT2D eigenvalue weighted by Crippen LogP contribution is -2.18. The van der Waals surface area contributed by atoms with E-state index in [1.807, 2.05) is 6.92 Å². The molecule has 1 aromatic rings. The van der Waals surface area contributed by atoms with Crippen molar-refractivity contribution in [1.82, 2.24) is 0 Å². The van der Waals surface area contributed by atoms with Crippen molar-refractivity contribution in [3.05, 3.63) is 28.3 Å². The molecule has 6 heteroatoms. The van der Waals surface area contributed by atoms with Gasteiger partial charge in [0.15, 0.2) is 0 Å². The lowest BCUT2D eigenvalue weighted by atomic mass is 10.2. The molecular weight excluding hydrogens is 210 g/mol. The summed E-state index contributed by atoms with van der Waals surface area (Å²) < 4.78 is 0. The van der Waals surface area contributed by atoms with Crippen LogP contribution in [0.15, 0.2) is 18.2 Å². The predicted molar refractivity (Wildman–Crippen MR) is 62.3 cm³/mol. The van der Waals surface area contributed by atoms with E-state index in [4.69, 9.17) is 5.73 Å². The monoisotopic (exact) mass is 225 g/mol. The number of nitrogens with one attached hydrogen (secondary N) is 1. The van der Waals surface area contributed by atoms with Gasteiger partial charge >= 0.3 is 5.69 Å².